The van der Waals surface area contributed by atoms with Crippen LogP contribution in [0.3, 0.4) is 0 Å². The second-order valence-corrected chi connectivity index (χ2v) is 6.93. The maximum atomic E-state index is 5.86. The molecule has 3 nitrogen and oxygen atoms in total. The van der Waals surface area contributed by atoms with E-state index in [9.17, 15) is 0 Å². The Morgan fingerprint density at radius 3 is 1.94 bits per heavy atom. The smallest absolute Gasteiger partial charge is 0.374 e. The highest BCUT2D eigenvalue weighted by molar-refractivity contribution is 7.80. The van der Waals surface area contributed by atoms with E-state index in [1.165, 1.54) is 0 Å². The van der Waals surface area contributed by atoms with Crippen molar-refractivity contribution in [2.75, 3.05) is 31.3 Å². The van der Waals surface area contributed by atoms with Crippen molar-refractivity contribution in [2.45, 2.75) is 32.7 Å². The summed E-state index contributed by atoms with van der Waals surface area (Å²) < 4.78 is 17.3. The third-order valence-electron chi connectivity index (χ3n) is 2.02. The molecule has 0 amide bonds. The highest BCUT2D eigenvalue weighted by Gasteiger charge is 2.39. The normalized spacial score (nSPS) is 12.0. The van der Waals surface area contributed by atoms with E-state index in [1.807, 2.05) is 13.8 Å². The molecule has 0 spiro atoms. The Balaban J connectivity index is 4.12. The monoisotopic (exact) mass is 284 g/mol. The van der Waals surface area contributed by atoms with Gasteiger partial charge in [-0.05, 0) is 38.2 Å². The van der Waals surface area contributed by atoms with Crippen molar-refractivity contribution in [1.82, 2.24) is 0 Å². The molecule has 0 bridgehead atoms. The van der Waals surface area contributed by atoms with E-state index >= 15 is 0 Å². The van der Waals surface area contributed by atoms with Crippen LogP contribution in [0.2, 0.25) is 6.04 Å². The minimum absolute atomic E-state index is 0.632. The summed E-state index contributed by atoms with van der Waals surface area (Å²) in [6.07, 6.45) is 2.07. The van der Waals surface area contributed by atoms with E-state index in [0.717, 1.165) is 30.4 Å². The van der Waals surface area contributed by atoms with E-state index in [0.29, 0.717) is 19.8 Å². The summed E-state index contributed by atoms with van der Waals surface area (Å²) in [6, 6.07) is 0.776. The summed E-state index contributed by atoms with van der Waals surface area (Å²) in [4.78, 5) is 0. The highest BCUT2D eigenvalue weighted by atomic mass is 32.1. The molecule has 0 aliphatic rings. The van der Waals surface area contributed by atoms with Gasteiger partial charge in [0.25, 0.3) is 0 Å². The number of hydrogen-bond acceptors (Lipinski definition) is 5. The minimum atomic E-state index is -2.45. The third kappa shape index (κ3) is 7.19. The van der Waals surface area contributed by atoms with Gasteiger partial charge in [-0.3, -0.25) is 0 Å². The zero-order valence-corrected chi connectivity index (χ0v) is 13.1. The van der Waals surface area contributed by atoms with Crippen molar-refractivity contribution in [3.05, 3.63) is 0 Å². The van der Waals surface area contributed by atoms with Crippen LogP contribution in [-0.2, 0) is 13.3 Å². The Hall–Kier alpha value is 0.797. The first-order chi connectivity index (χ1) is 7.74. The van der Waals surface area contributed by atoms with Crippen LogP contribution in [0.4, 0.5) is 0 Å². The molecule has 6 heteroatoms. The second-order valence-electron chi connectivity index (χ2n) is 3.30. The minimum Gasteiger partial charge on any atom is -0.374 e. The molecule has 0 aliphatic carbocycles. The van der Waals surface area contributed by atoms with Crippen molar-refractivity contribution in [3.63, 3.8) is 0 Å². The van der Waals surface area contributed by atoms with E-state index < -0.39 is 8.80 Å². The van der Waals surface area contributed by atoms with Crippen LogP contribution < -0.4 is 0 Å². The zero-order chi connectivity index (χ0) is 12.3. The van der Waals surface area contributed by atoms with Gasteiger partial charge < -0.3 is 13.3 Å². The molecular weight excluding hydrogens is 260 g/mol. The first kappa shape index (κ1) is 16.8. The topological polar surface area (TPSA) is 27.7 Å². The highest BCUT2D eigenvalue weighted by Crippen LogP contribution is 2.17. The summed E-state index contributed by atoms with van der Waals surface area (Å²) in [5, 5.41) is 0. The Bertz CT molecular complexity index is 144. The van der Waals surface area contributed by atoms with Crippen molar-refractivity contribution in [1.29, 1.82) is 0 Å². The van der Waals surface area contributed by atoms with E-state index in [1.54, 1.807) is 0 Å². The van der Waals surface area contributed by atoms with Gasteiger partial charge in [0.05, 0.1) is 0 Å². The summed E-state index contributed by atoms with van der Waals surface area (Å²) >= 11 is 8.42. The lowest BCUT2D eigenvalue weighted by atomic mass is 10.4. The molecule has 98 valence electrons. The second kappa shape index (κ2) is 10.9. The number of unbranched alkanes of at least 4 members (excludes halogenated alkanes) is 1. The largest absolute Gasteiger partial charge is 0.501 e. The molecule has 0 aliphatic heterocycles. The predicted molar refractivity (Wildman–Crippen MR) is 76.7 cm³/mol. The maximum Gasteiger partial charge on any atom is 0.501 e. The van der Waals surface area contributed by atoms with E-state index in [-0.39, 0.29) is 0 Å². The fraction of sp³-hybridized carbons (Fsp3) is 1.00. The van der Waals surface area contributed by atoms with Gasteiger partial charge in [0.1, 0.15) is 0 Å². The van der Waals surface area contributed by atoms with Crippen LogP contribution in [0.5, 0.6) is 0 Å². The molecule has 0 radical (unpaired) electrons. The van der Waals surface area contributed by atoms with Gasteiger partial charge in [0.15, 0.2) is 0 Å². The summed E-state index contributed by atoms with van der Waals surface area (Å²) in [5.74, 6) is 1.63. The molecule has 0 atom stereocenters. The SMILES string of the molecule is CCO[Si](CCS)(OCC)OCCCCS. The predicted octanol–water partition coefficient (Wildman–Crippen LogP) is 2.65. The van der Waals surface area contributed by atoms with Crippen LogP contribution in [0, 0.1) is 0 Å². The molecule has 0 aromatic rings. The first-order valence-electron chi connectivity index (χ1n) is 5.88. The molecule has 0 unspecified atom stereocenters. The average Bonchev–Trinajstić information content (AvgIpc) is 2.26. The van der Waals surface area contributed by atoms with Crippen molar-refractivity contribution in [2.24, 2.45) is 0 Å². The fourth-order valence-electron chi connectivity index (χ4n) is 1.36. The maximum absolute atomic E-state index is 5.86. The number of rotatable bonds is 11. The van der Waals surface area contributed by atoms with Gasteiger partial charge in [-0.1, -0.05) is 0 Å². The quantitative estimate of drug-likeness (QED) is 0.347. The lowest BCUT2D eigenvalue weighted by molar-refractivity contribution is 0.0676. The van der Waals surface area contributed by atoms with Gasteiger partial charge in [-0.2, -0.15) is 25.3 Å². The fourth-order valence-corrected chi connectivity index (χ4v) is 4.70. The molecule has 0 rings (SSSR count). The molecule has 0 heterocycles. The summed E-state index contributed by atoms with van der Waals surface area (Å²) in [7, 11) is -2.45. The molecule has 0 saturated carbocycles. The zero-order valence-electron chi connectivity index (χ0n) is 10.3. The van der Waals surface area contributed by atoms with Gasteiger partial charge in [-0.25, -0.2) is 0 Å². The van der Waals surface area contributed by atoms with Crippen LogP contribution in [-0.4, -0.2) is 40.1 Å². The Kier molecular flexibility index (Phi) is 11.5. The van der Waals surface area contributed by atoms with Gasteiger partial charge in [0, 0.05) is 25.9 Å². The molecule has 16 heavy (non-hydrogen) atoms. The summed E-state index contributed by atoms with van der Waals surface area (Å²) in [5.41, 5.74) is 0. The molecule has 0 aromatic carbocycles. The summed E-state index contributed by atoms with van der Waals surface area (Å²) in [6.45, 7) is 5.90. The standard InChI is InChI=1S/C10H24O3S2Si/c1-3-11-16(10-9-15,12-4-2)13-7-5-6-8-14/h14-15H,3-10H2,1-2H3. The molecule has 0 N–H and O–H groups in total. The number of hydrogen-bond donors (Lipinski definition) is 2. The molecule has 0 aromatic heterocycles. The average molecular weight is 285 g/mol. The Labute approximate surface area is 111 Å². The molecule has 0 fully saturated rings. The van der Waals surface area contributed by atoms with Crippen molar-refractivity contribution >= 4 is 34.1 Å². The number of thiol groups is 2. The molecular formula is C10H24O3S2Si. The molecule has 0 saturated heterocycles. The first-order valence-corrected chi connectivity index (χ1v) is 9.08. The van der Waals surface area contributed by atoms with Crippen molar-refractivity contribution in [3.8, 4) is 0 Å². The van der Waals surface area contributed by atoms with Crippen LogP contribution in [0.25, 0.3) is 0 Å². The van der Waals surface area contributed by atoms with Crippen LogP contribution in [0.15, 0.2) is 0 Å². The third-order valence-corrected chi connectivity index (χ3v) is 5.94. The van der Waals surface area contributed by atoms with Crippen molar-refractivity contribution < 1.29 is 13.3 Å². The van der Waals surface area contributed by atoms with E-state index in [4.69, 9.17) is 13.3 Å². The van der Waals surface area contributed by atoms with Crippen LogP contribution in [0.1, 0.15) is 26.7 Å². The van der Waals surface area contributed by atoms with Gasteiger partial charge >= 0.3 is 8.80 Å². The van der Waals surface area contributed by atoms with E-state index in [2.05, 4.69) is 25.3 Å². The lowest BCUT2D eigenvalue weighted by Gasteiger charge is -2.28. The Morgan fingerprint density at radius 2 is 1.50 bits per heavy atom. The lowest BCUT2D eigenvalue weighted by Crippen LogP contribution is -2.46. The van der Waals surface area contributed by atoms with Crippen LogP contribution >= 0.6 is 25.3 Å². The van der Waals surface area contributed by atoms with Gasteiger partial charge in [0.2, 0.25) is 0 Å². The Morgan fingerprint density at radius 1 is 0.875 bits per heavy atom. The van der Waals surface area contributed by atoms with Gasteiger partial charge in [-0.15, -0.1) is 0 Å².